The van der Waals surface area contributed by atoms with E-state index in [0.29, 0.717) is 6.61 Å². The maximum absolute atomic E-state index is 5.96. The number of ether oxygens (including phenoxy) is 1. The van der Waals surface area contributed by atoms with Crippen molar-refractivity contribution in [2.45, 2.75) is 39.3 Å². The van der Waals surface area contributed by atoms with Crippen LogP contribution in [0.2, 0.25) is 0 Å². The highest BCUT2D eigenvalue weighted by molar-refractivity contribution is 5.85. The van der Waals surface area contributed by atoms with Crippen LogP contribution in [0.1, 0.15) is 37.3 Å². The van der Waals surface area contributed by atoms with E-state index in [0.717, 1.165) is 18.8 Å². The molecule has 0 aliphatic rings. The van der Waals surface area contributed by atoms with Gasteiger partial charge in [-0.25, -0.2) is 0 Å². The fraction of sp³-hybridized carbons (Fsp3) is 0.368. The van der Waals surface area contributed by atoms with Crippen LogP contribution in [0.3, 0.4) is 0 Å². The number of halogens is 1. The summed E-state index contributed by atoms with van der Waals surface area (Å²) in [6.45, 7) is 4.79. The van der Waals surface area contributed by atoms with E-state index in [-0.39, 0.29) is 12.4 Å². The first-order valence-electron chi connectivity index (χ1n) is 7.85. The van der Waals surface area contributed by atoms with Crippen molar-refractivity contribution >= 4 is 12.4 Å². The zero-order chi connectivity index (χ0) is 14.8. The van der Waals surface area contributed by atoms with E-state index in [9.17, 15) is 0 Å². The molecule has 2 aromatic carbocycles. The molecular weight excluding hydrogens is 294 g/mol. The Morgan fingerprint density at radius 3 is 2.41 bits per heavy atom. The van der Waals surface area contributed by atoms with Crippen molar-refractivity contribution in [3.05, 3.63) is 65.7 Å². The predicted octanol–water partition coefficient (Wildman–Crippen LogP) is 4.97. The van der Waals surface area contributed by atoms with Gasteiger partial charge in [-0.15, -0.1) is 12.4 Å². The minimum atomic E-state index is 0. The molecule has 0 amide bonds. The van der Waals surface area contributed by atoms with Crippen LogP contribution in [0.15, 0.2) is 54.6 Å². The van der Waals surface area contributed by atoms with Crippen LogP contribution >= 0.6 is 12.4 Å². The standard InChI is InChI=1S/C19H25NO.ClH/c1-2-3-9-14-20-15-18-12-7-8-13-19(18)21-16-17-10-5-4-6-11-17;/h4-8,10-13,20H,2-3,9,14-16H2,1H3;1H. The Morgan fingerprint density at radius 2 is 1.64 bits per heavy atom. The minimum Gasteiger partial charge on any atom is -0.489 e. The molecule has 0 aliphatic carbocycles. The van der Waals surface area contributed by atoms with Crippen LogP contribution in [-0.4, -0.2) is 6.54 Å². The number of hydrogen-bond donors (Lipinski definition) is 1. The fourth-order valence-electron chi connectivity index (χ4n) is 2.25. The second kappa shape index (κ2) is 11.1. The lowest BCUT2D eigenvalue weighted by Crippen LogP contribution is -2.15. The number of nitrogens with one attached hydrogen (secondary N) is 1. The summed E-state index contributed by atoms with van der Waals surface area (Å²) in [5.74, 6) is 0.976. The smallest absolute Gasteiger partial charge is 0.124 e. The summed E-state index contributed by atoms with van der Waals surface area (Å²) in [5.41, 5.74) is 2.42. The molecule has 1 N–H and O–H groups in total. The topological polar surface area (TPSA) is 21.3 Å². The molecule has 0 saturated carbocycles. The molecule has 22 heavy (non-hydrogen) atoms. The summed E-state index contributed by atoms with van der Waals surface area (Å²) >= 11 is 0. The molecule has 2 rings (SSSR count). The monoisotopic (exact) mass is 319 g/mol. The third-order valence-electron chi connectivity index (χ3n) is 3.48. The summed E-state index contributed by atoms with van der Waals surface area (Å²) in [5, 5.41) is 3.50. The molecule has 0 unspecified atom stereocenters. The van der Waals surface area contributed by atoms with Crippen LogP contribution in [0, 0.1) is 0 Å². The van der Waals surface area contributed by atoms with Crippen molar-refractivity contribution in [2.75, 3.05) is 6.54 Å². The molecule has 0 fully saturated rings. The zero-order valence-electron chi connectivity index (χ0n) is 13.3. The van der Waals surface area contributed by atoms with E-state index in [4.69, 9.17) is 4.74 Å². The van der Waals surface area contributed by atoms with E-state index in [1.807, 2.05) is 30.3 Å². The number of benzene rings is 2. The average molecular weight is 320 g/mol. The van der Waals surface area contributed by atoms with Crippen molar-refractivity contribution in [3.8, 4) is 5.75 Å². The third-order valence-corrected chi connectivity index (χ3v) is 3.48. The summed E-state index contributed by atoms with van der Waals surface area (Å²) in [6, 6.07) is 18.6. The van der Waals surface area contributed by atoms with Crippen molar-refractivity contribution in [3.63, 3.8) is 0 Å². The van der Waals surface area contributed by atoms with E-state index < -0.39 is 0 Å². The molecule has 0 radical (unpaired) electrons. The SMILES string of the molecule is CCCCCNCc1ccccc1OCc1ccccc1.Cl. The Labute approximate surface area is 140 Å². The number of rotatable bonds is 9. The molecule has 120 valence electrons. The fourth-order valence-corrected chi connectivity index (χ4v) is 2.25. The first kappa shape index (κ1) is 18.5. The summed E-state index contributed by atoms with van der Waals surface area (Å²) in [7, 11) is 0. The molecule has 0 spiro atoms. The highest BCUT2D eigenvalue weighted by Gasteiger charge is 2.03. The molecule has 0 heterocycles. The lowest BCUT2D eigenvalue weighted by Gasteiger charge is -2.12. The van der Waals surface area contributed by atoms with Gasteiger partial charge >= 0.3 is 0 Å². The lowest BCUT2D eigenvalue weighted by molar-refractivity contribution is 0.302. The zero-order valence-corrected chi connectivity index (χ0v) is 14.1. The Morgan fingerprint density at radius 1 is 0.909 bits per heavy atom. The molecule has 0 atom stereocenters. The number of unbranched alkanes of at least 4 members (excludes halogenated alkanes) is 2. The maximum Gasteiger partial charge on any atom is 0.124 e. The van der Waals surface area contributed by atoms with Gasteiger partial charge in [-0.2, -0.15) is 0 Å². The van der Waals surface area contributed by atoms with Gasteiger partial charge in [0.25, 0.3) is 0 Å². The summed E-state index contributed by atoms with van der Waals surface area (Å²) in [6.07, 6.45) is 3.79. The van der Waals surface area contributed by atoms with Gasteiger partial charge in [0.1, 0.15) is 12.4 Å². The summed E-state index contributed by atoms with van der Waals surface area (Å²) in [4.78, 5) is 0. The highest BCUT2D eigenvalue weighted by atomic mass is 35.5. The first-order chi connectivity index (χ1) is 10.4. The van der Waals surface area contributed by atoms with E-state index in [2.05, 4.69) is 36.5 Å². The molecule has 3 heteroatoms. The van der Waals surface area contributed by atoms with E-state index in [1.165, 1.54) is 30.4 Å². The second-order valence-electron chi connectivity index (χ2n) is 5.27. The van der Waals surface area contributed by atoms with Gasteiger partial charge in [0.2, 0.25) is 0 Å². The Hall–Kier alpha value is -1.51. The molecule has 2 nitrogen and oxygen atoms in total. The van der Waals surface area contributed by atoms with Crippen LogP contribution in [0.25, 0.3) is 0 Å². The van der Waals surface area contributed by atoms with Gasteiger partial charge < -0.3 is 10.1 Å². The van der Waals surface area contributed by atoms with E-state index in [1.54, 1.807) is 0 Å². The number of hydrogen-bond acceptors (Lipinski definition) is 2. The predicted molar refractivity (Wildman–Crippen MR) is 95.7 cm³/mol. The minimum absolute atomic E-state index is 0. The molecule has 2 aromatic rings. The van der Waals surface area contributed by atoms with Gasteiger partial charge in [0.05, 0.1) is 0 Å². The highest BCUT2D eigenvalue weighted by Crippen LogP contribution is 2.19. The van der Waals surface area contributed by atoms with Crippen LogP contribution < -0.4 is 10.1 Å². The van der Waals surface area contributed by atoms with Crippen LogP contribution in [0.4, 0.5) is 0 Å². The molecule has 0 saturated heterocycles. The Bertz CT molecular complexity index is 516. The first-order valence-corrected chi connectivity index (χ1v) is 7.85. The summed E-state index contributed by atoms with van der Waals surface area (Å²) < 4.78 is 5.96. The molecule has 0 aromatic heterocycles. The van der Waals surface area contributed by atoms with Crippen molar-refractivity contribution in [1.29, 1.82) is 0 Å². The van der Waals surface area contributed by atoms with Gasteiger partial charge in [0, 0.05) is 12.1 Å². The normalized spacial score (nSPS) is 10.0. The quantitative estimate of drug-likeness (QED) is 0.659. The lowest BCUT2D eigenvalue weighted by atomic mass is 10.2. The van der Waals surface area contributed by atoms with Gasteiger partial charge in [-0.1, -0.05) is 68.3 Å². The number of para-hydroxylation sites is 1. The molecule has 0 bridgehead atoms. The molecular formula is C19H26ClNO. The van der Waals surface area contributed by atoms with Crippen molar-refractivity contribution in [2.24, 2.45) is 0 Å². The van der Waals surface area contributed by atoms with Crippen LogP contribution in [0.5, 0.6) is 5.75 Å². The Kier molecular flexibility index (Phi) is 9.36. The largest absolute Gasteiger partial charge is 0.489 e. The van der Waals surface area contributed by atoms with E-state index >= 15 is 0 Å². The van der Waals surface area contributed by atoms with Crippen molar-refractivity contribution < 1.29 is 4.74 Å². The average Bonchev–Trinajstić information content (AvgIpc) is 2.55. The molecule has 0 aliphatic heterocycles. The van der Waals surface area contributed by atoms with Crippen molar-refractivity contribution in [1.82, 2.24) is 5.32 Å². The van der Waals surface area contributed by atoms with Gasteiger partial charge in [-0.3, -0.25) is 0 Å². The van der Waals surface area contributed by atoms with Crippen LogP contribution in [-0.2, 0) is 13.2 Å². The third kappa shape index (κ3) is 6.50. The van der Waals surface area contributed by atoms with Gasteiger partial charge in [0.15, 0.2) is 0 Å². The second-order valence-corrected chi connectivity index (χ2v) is 5.27. The Balaban J connectivity index is 0.00000242. The maximum atomic E-state index is 5.96. The van der Waals surface area contributed by atoms with Gasteiger partial charge in [-0.05, 0) is 24.6 Å².